The first-order valence-corrected chi connectivity index (χ1v) is 8.36. The molecule has 0 aliphatic carbocycles. The lowest BCUT2D eigenvalue weighted by molar-refractivity contribution is 0.0678. The number of hydrogen-bond donors (Lipinski definition) is 1. The van der Waals surface area contributed by atoms with Gasteiger partial charge in [-0.2, -0.15) is 0 Å². The minimum absolute atomic E-state index is 0. The third-order valence-electron chi connectivity index (χ3n) is 4.40. The first-order chi connectivity index (χ1) is 11.5. The van der Waals surface area contributed by atoms with Crippen LogP contribution in [-0.4, -0.2) is 29.9 Å². The summed E-state index contributed by atoms with van der Waals surface area (Å²) < 4.78 is 11.5. The Morgan fingerprint density at radius 3 is 2.64 bits per heavy atom. The number of carbonyl (C=O) groups is 1. The van der Waals surface area contributed by atoms with E-state index >= 15 is 0 Å². The molecule has 136 valence electrons. The van der Waals surface area contributed by atoms with E-state index in [4.69, 9.17) is 14.9 Å². The molecule has 1 aromatic heterocycles. The van der Waals surface area contributed by atoms with Crippen molar-refractivity contribution in [3.63, 3.8) is 0 Å². The van der Waals surface area contributed by atoms with Crippen LogP contribution in [0.1, 0.15) is 40.3 Å². The Morgan fingerprint density at radius 2 is 1.96 bits per heavy atom. The maximum atomic E-state index is 12.4. The van der Waals surface area contributed by atoms with E-state index in [9.17, 15) is 4.79 Å². The molecule has 0 unspecified atom stereocenters. The highest BCUT2D eigenvalue weighted by Gasteiger charge is 2.23. The Kier molecular flexibility index (Phi) is 6.51. The van der Waals surface area contributed by atoms with Crippen molar-refractivity contribution < 1.29 is 13.9 Å². The van der Waals surface area contributed by atoms with Crippen LogP contribution in [0, 0.1) is 13.8 Å². The van der Waals surface area contributed by atoms with Crippen molar-refractivity contribution in [2.75, 3.05) is 13.1 Å². The Balaban J connectivity index is 0.00000225. The minimum Gasteiger partial charge on any atom is -0.485 e. The van der Waals surface area contributed by atoms with Crippen LogP contribution in [0.15, 0.2) is 34.7 Å². The van der Waals surface area contributed by atoms with Gasteiger partial charge in [-0.1, -0.05) is 17.7 Å². The van der Waals surface area contributed by atoms with Crippen molar-refractivity contribution in [2.24, 2.45) is 5.73 Å². The zero-order chi connectivity index (χ0) is 17.1. The number of furan rings is 1. The lowest BCUT2D eigenvalue weighted by Crippen LogP contribution is -2.42. The fraction of sp³-hybridized carbons (Fsp3) is 0.421. The van der Waals surface area contributed by atoms with Crippen molar-refractivity contribution in [3.05, 3.63) is 53.0 Å². The number of halogens is 1. The normalized spacial score (nSPS) is 14.9. The van der Waals surface area contributed by atoms with Gasteiger partial charge in [-0.25, -0.2) is 0 Å². The zero-order valence-corrected chi connectivity index (χ0v) is 15.5. The van der Waals surface area contributed by atoms with Crippen LogP contribution in [-0.2, 0) is 6.61 Å². The fourth-order valence-corrected chi connectivity index (χ4v) is 2.94. The SMILES string of the molecule is Cc1ccc(OCc2ccc(C(=O)N3CCC(N)CC3)o2)c(C)c1.Cl. The average molecular weight is 365 g/mol. The van der Waals surface area contributed by atoms with E-state index in [-0.39, 0.29) is 24.4 Å². The van der Waals surface area contributed by atoms with Gasteiger partial charge in [0, 0.05) is 19.1 Å². The van der Waals surface area contributed by atoms with Crippen LogP contribution in [0.2, 0.25) is 0 Å². The Morgan fingerprint density at radius 1 is 1.24 bits per heavy atom. The van der Waals surface area contributed by atoms with Gasteiger partial charge in [0.15, 0.2) is 5.76 Å². The van der Waals surface area contributed by atoms with E-state index in [1.165, 1.54) is 5.56 Å². The molecule has 0 bridgehead atoms. The van der Waals surface area contributed by atoms with Gasteiger partial charge in [-0.05, 0) is 50.5 Å². The molecule has 0 spiro atoms. The summed E-state index contributed by atoms with van der Waals surface area (Å²) in [7, 11) is 0. The van der Waals surface area contributed by atoms with Crippen LogP contribution in [0.25, 0.3) is 0 Å². The van der Waals surface area contributed by atoms with E-state index in [0.29, 0.717) is 31.2 Å². The van der Waals surface area contributed by atoms with E-state index in [1.54, 1.807) is 17.0 Å². The lowest BCUT2D eigenvalue weighted by atomic mass is 10.1. The molecule has 25 heavy (non-hydrogen) atoms. The van der Waals surface area contributed by atoms with E-state index in [2.05, 4.69) is 13.0 Å². The number of nitrogens with zero attached hydrogens (tertiary/aromatic N) is 1. The molecule has 1 aliphatic rings. The highest BCUT2D eigenvalue weighted by Crippen LogP contribution is 2.21. The molecular formula is C19H25ClN2O3. The number of likely N-dealkylation sites (tertiary alicyclic amines) is 1. The highest BCUT2D eigenvalue weighted by molar-refractivity contribution is 5.91. The highest BCUT2D eigenvalue weighted by atomic mass is 35.5. The third-order valence-corrected chi connectivity index (χ3v) is 4.40. The van der Waals surface area contributed by atoms with Crippen LogP contribution in [0.5, 0.6) is 5.75 Å². The summed E-state index contributed by atoms with van der Waals surface area (Å²) in [4.78, 5) is 14.2. The number of rotatable bonds is 4. The number of amides is 1. The first kappa shape index (κ1) is 19.3. The number of ether oxygens (including phenoxy) is 1. The molecule has 5 nitrogen and oxygen atoms in total. The topological polar surface area (TPSA) is 68.7 Å². The van der Waals surface area contributed by atoms with Gasteiger partial charge >= 0.3 is 0 Å². The molecule has 6 heteroatoms. The van der Waals surface area contributed by atoms with Crippen LogP contribution in [0.4, 0.5) is 0 Å². The molecule has 3 rings (SSSR count). The largest absolute Gasteiger partial charge is 0.485 e. The van der Waals surface area contributed by atoms with E-state index < -0.39 is 0 Å². The number of aryl methyl sites for hydroxylation is 2. The molecule has 1 aromatic carbocycles. The van der Waals surface area contributed by atoms with Gasteiger partial charge in [-0.15, -0.1) is 12.4 Å². The summed E-state index contributed by atoms with van der Waals surface area (Å²) in [6.07, 6.45) is 1.68. The molecule has 0 atom stereocenters. The Bertz CT molecular complexity index is 721. The molecule has 1 saturated heterocycles. The molecule has 1 fully saturated rings. The van der Waals surface area contributed by atoms with Crippen LogP contribution >= 0.6 is 12.4 Å². The fourth-order valence-electron chi connectivity index (χ4n) is 2.94. The maximum Gasteiger partial charge on any atom is 0.289 e. The molecule has 0 radical (unpaired) electrons. The van der Waals surface area contributed by atoms with Crippen LogP contribution < -0.4 is 10.5 Å². The summed E-state index contributed by atoms with van der Waals surface area (Å²) >= 11 is 0. The number of hydrogen-bond acceptors (Lipinski definition) is 4. The Hall–Kier alpha value is -1.98. The van der Waals surface area contributed by atoms with Crippen LogP contribution in [0.3, 0.4) is 0 Å². The van der Waals surface area contributed by atoms with Crippen molar-refractivity contribution in [3.8, 4) is 5.75 Å². The molecule has 2 N–H and O–H groups in total. The molecular weight excluding hydrogens is 340 g/mol. The predicted molar refractivity (Wildman–Crippen MR) is 99.3 cm³/mol. The summed E-state index contributed by atoms with van der Waals surface area (Å²) in [5, 5.41) is 0. The standard InChI is InChI=1S/C19H24N2O3.ClH/c1-13-3-5-17(14(2)11-13)23-12-16-4-6-18(24-16)19(22)21-9-7-15(20)8-10-21;/h3-6,11,15H,7-10,12,20H2,1-2H3;1H. The number of carbonyl (C=O) groups excluding carboxylic acids is 1. The monoisotopic (exact) mass is 364 g/mol. The summed E-state index contributed by atoms with van der Waals surface area (Å²) in [6.45, 7) is 5.75. The summed E-state index contributed by atoms with van der Waals surface area (Å²) in [5.41, 5.74) is 8.16. The van der Waals surface area contributed by atoms with Crippen molar-refractivity contribution in [1.82, 2.24) is 4.90 Å². The average Bonchev–Trinajstić information content (AvgIpc) is 3.03. The minimum atomic E-state index is -0.0698. The molecule has 2 heterocycles. The predicted octanol–water partition coefficient (Wildman–Crippen LogP) is 3.46. The Labute approximate surface area is 154 Å². The van der Waals surface area contributed by atoms with Gasteiger partial charge in [-0.3, -0.25) is 4.79 Å². The number of benzene rings is 1. The summed E-state index contributed by atoms with van der Waals surface area (Å²) in [5.74, 6) is 1.77. The second-order valence-electron chi connectivity index (χ2n) is 6.45. The quantitative estimate of drug-likeness (QED) is 0.902. The summed E-state index contributed by atoms with van der Waals surface area (Å²) in [6, 6.07) is 9.77. The second kappa shape index (κ2) is 8.41. The van der Waals surface area contributed by atoms with E-state index in [0.717, 1.165) is 24.2 Å². The second-order valence-corrected chi connectivity index (χ2v) is 6.45. The molecule has 2 aromatic rings. The lowest BCUT2D eigenvalue weighted by Gasteiger charge is -2.29. The van der Waals surface area contributed by atoms with Crippen molar-refractivity contribution >= 4 is 18.3 Å². The van der Waals surface area contributed by atoms with Gasteiger partial charge in [0.2, 0.25) is 0 Å². The number of nitrogens with two attached hydrogens (primary N) is 1. The molecule has 1 amide bonds. The molecule has 0 saturated carbocycles. The van der Waals surface area contributed by atoms with Crippen molar-refractivity contribution in [2.45, 2.75) is 39.3 Å². The van der Waals surface area contributed by atoms with E-state index in [1.807, 2.05) is 19.1 Å². The van der Waals surface area contributed by atoms with Gasteiger partial charge in [0.1, 0.15) is 18.1 Å². The number of piperidine rings is 1. The smallest absolute Gasteiger partial charge is 0.289 e. The van der Waals surface area contributed by atoms with Gasteiger partial charge in [0.05, 0.1) is 0 Å². The maximum absolute atomic E-state index is 12.4. The van der Waals surface area contributed by atoms with Gasteiger partial charge < -0.3 is 19.8 Å². The molecule has 1 aliphatic heterocycles. The van der Waals surface area contributed by atoms with Crippen molar-refractivity contribution in [1.29, 1.82) is 0 Å². The zero-order valence-electron chi connectivity index (χ0n) is 14.7. The first-order valence-electron chi connectivity index (χ1n) is 8.36. The van der Waals surface area contributed by atoms with Gasteiger partial charge in [0.25, 0.3) is 5.91 Å². The third kappa shape index (κ3) is 4.77.